The Hall–Kier alpha value is -2.64. The van der Waals surface area contributed by atoms with Crippen molar-refractivity contribution in [3.63, 3.8) is 0 Å². The molecule has 1 aliphatic heterocycles. The standard InChI is InChI=1S/C24H35N5O2/c1-3-25-24(28-18-22-7-6-12-26-23(22)31-16-15-30-2)27-17-20-8-10-21(11-9-20)19-29-13-4-5-14-29/h6-12H,3-5,13-19H2,1-2H3,(H2,25,27,28). The van der Waals surface area contributed by atoms with Crippen molar-refractivity contribution in [2.45, 2.75) is 39.4 Å². The molecule has 3 rings (SSSR count). The van der Waals surface area contributed by atoms with Crippen molar-refractivity contribution in [1.29, 1.82) is 0 Å². The van der Waals surface area contributed by atoms with Crippen LogP contribution in [0.4, 0.5) is 0 Å². The van der Waals surface area contributed by atoms with Crippen molar-refractivity contribution in [3.8, 4) is 5.88 Å². The molecule has 31 heavy (non-hydrogen) atoms. The molecule has 2 N–H and O–H groups in total. The van der Waals surface area contributed by atoms with Crippen LogP contribution < -0.4 is 15.4 Å². The van der Waals surface area contributed by atoms with E-state index in [-0.39, 0.29) is 0 Å². The van der Waals surface area contributed by atoms with Crippen LogP contribution in [0.3, 0.4) is 0 Å². The van der Waals surface area contributed by atoms with E-state index in [0.29, 0.717) is 32.2 Å². The molecule has 2 aromatic rings. The number of benzene rings is 1. The normalized spacial score (nSPS) is 14.6. The summed E-state index contributed by atoms with van der Waals surface area (Å²) in [6, 6.07) is 12.7. The van der Waals surface area contributed by atoms with Crippen LogP contribution in [0.1, 0.15) is 36.5 Å². The molecule has 7 heteroatoms. The highest BCUT2D eigenvalue weighted by Gasteiger charge is 2.11. The van der Waals surface area contributed by atoms with Crippen molar-refractivity contribution in [1.82, 2.24) is 20.5 Å². The highest BCUT2D eigenvalue weighted by molar-refractivity contribution is 5.79. The second kappa shape index (κ2) is 12.9. The summed E-state index contributed by atoms with van der Waals surface area (Å²) < 4.78 is 10.8. The molecule has 1 aliphatic rings. The molecule has 168 valence electrons. The summed E-state index contributed by atoms with van der Waals surface area (Å²) >= 11 is 0. The zero-order valence-corrected chi connectivity index (χ0v) is 18.8. The minimum absolute atomic E-state index is 0.475. The summed E-state index contributed by atoms with van der Waals surface area (Å²) in [6.45, 7) is 8.57. The number of rotatable bonds is 11. The largest absolute Gasteiger partial charge is 0.475 e. The van der Waals surface area contributed by atoms with Crippen LogP contribution in [0, 0.1) is 0 Å². The smallest absolute Gasteiger partial charge is 0.218 e. The van der Waals surface area contributed by atoms with E-state index in [1.807, 2.05) is 12.1 Å². The van der Waals surface area contributed by atoms with Crippen LogP contribution in [0.15, 0.2) is 47.6 Å². The third-order valence-corrected chi connectivity index (χ3v) is 5.21. The third kappa shape index (κ3) is 7.84. The highest BCUT2D eigenvalue weighted by Crippen LogP contribution is 2.15. The number of guanidine groups is 1. The Kier molecular flexibility index (Phi) is 9.60. The fraction of sp³-hybridized carbons (Fsp3) is 0.500. The number of nitrogens with zero attached hydrogens (tertiary/aromatic N) is 3. The molecule has 1 aromatic heterocycles. The number of ether oxygens (including phenoxy) is 2. The molecular formula is C24H35N5O2. The summed E-state index contributed by atoms with van der Waals surface area (Å²) in [5.74, 6) is 1.40. The predicted molar refractivity (Wildman–Crippen MR) is 124 cm³/mol. The Morgan fingerprint density at radius 1 is 1.06 bits per heavy atom. The van der Waals surface area contributed by atoms with E-state index >= 15 is 0 Å². The van der Waals surface area contributed by atoms with E-state index in [9.17, 15) is 0 Å². The topological polar surface area (TPSA) is 71.0 Å². The zero-order valence-electron chi connectivity index (χ0n) is 18.8. The monoisotopic (exact) mass is 425 g/mol. The number of aliphatic imine (C=N–C) groups is 1. The molecule has 7 nitrogen and oxygen atoms in total. The summed E-state index contributed by atoms with van der Waals surface area (Å²) in [6.07, 6.45) is 4.39. The number of aromatic nitrogens is 1. The van der Waals surface area contributed by atoms with Gasteiger partial charge in [0, 0.05) is 38.5 Å². The maximum absolute atomic E-state index is 5.72. The van der Waals surface area contributed by atoms with E-state index in [4.69, 9.17) is 14.5 Å². The summed E-state index contributed by atoms with van der Waals surface area (Å²) in [5, 5.41) is 6.68. The van der Waals surface area contributed by atoms with Gasteiger partial charge in [-0.25, -0.2) is 9.98 Å². The quantitative estimate of drug-likeness (QED) is 0.328. The second-order valence-corrected chi connectivity index (χ2v) is 7.66. The SMILES string of the molecule is CCNC(=NCc1ccc(CN2CCCC2)cc1)NCc1cccnc1OCCOC. The van der Waals surface area contributed by atoms with Gasteiger partial charge in [-0.1, -0.05) is 30.3 Å². The Balaban J connectivity index is 1.54. The lowest BCUT2D eigenvalue weighted by atomic mass is 10.1. The number of pyridine rings is 1. The third-order valence-electron chi connectivity index (χ3n) is 5.21. The lowest BCUT2D eigenvalue weighted by Gasteiger charge is -2.15. The van der Waals surface area contributed by atoms with Gasteiger partial charge in [-0.3, -0.25) is 4.90 Å². The van der Waals surface area contributed by atoms with Gasteiger partial charge in [0.15, 0.2) is 5.96 Å². The summed E-state index contributed by atoms with van der Waals surface area (Å²) in [5.41, 5.74) is 3.56. The molecule has 1 fully saturated rings. The minimum Gasteiger partial charge on any atom is -0.475 e. The maximum atomic E-state index is 5.72. The number of hydrogen-bond acceptors (Lipinski definition) is 5. The van der Waals surface area contributed by atoms with Crippen LogP contribution >= 0.6 is 0 Å². The zero-order chi connectivity index (χ0) is 21.7. The number of hydrogen-bond donors (Lipinski definition) is 2. The van der Waals surface area contributed by atoms with Gasteiger partial charge >= 0.3 is 0 Å². The molecule has 0 atom stereocenters. The van der Waals surface area contributed by atoms with Crippen molar-refractivity contribution in [3.05, 3.63) is 59.3 Å². The van der Waals surface area contributed by atoms with Gasteiger partial charge in [-0.15, -0.1) is 0 Å². The van der Waals surface area contributed by atoms with Crippen LogP contribution in [-0.2, 0) is 24.4 Å². The van der Waals surface area contributed by atoms with Crippen LogP contribution in [0.25, 0.3) is 0 Å². The Morgan fingerprint density at radius 3 is 2.58 bits per heavy atom. The van der Waals surface area contributed by atoms with E-state index in [1.54, 1.807) is 13.3 Å². The van der Waals surface area contributed by atoms with Crippen LogP contribution in [0.5, 0.6) is 5.88 Å². The van der Waals surface area contributed by atoms with E-state index in [2.05, 4.69) is 51.7 Å². The first-order valence-corrected chi connectivity index (χ1v) is 11.2. The summed E-state index contributed by atoms with van der Waals surface area (Å²) in [7, 11) is 1.66. The molecule has 0 bridgehead atoms. The average molecular weight is 426 g/mol. The van der Waals surface area contributed by atoms with Gasteiger partial charge < -0.3 is 20.1 Å². The number of likely N-dealkylation sites (tertiary alicyclic amines) is 1. The van der Waals surface area contributed by atoms with Crippen molar-refractivity contribution in [2.75, 3.05) is 40.0 Å². The Bertz CT molecular complexity index is 804. The molecule has 0 amide bonds. The lowest BCUT2D eigenvalue weighted by Crippen LogP contribution is -2.36. The molecule has 2 heterocycles. The number of nitrogens with one attached hydrogen (secondary N) is 2. The molecule has 1 saturated heterocycles. The van der Waals surface area contributed by atoms with Gasteiger partial charge in [0.05, 0.1) is 13.2 Å². The van der Waals surface area contributed by atoms with Gasteiger partial charge in [-0.2, -0.15) is 0 Å². The van der Waals surface area contributed by atoms with Gasteiger partial charge in [0.25, 0.3) is 0 Å². The second-order valence-electron chi connectivity index (χ2n) is 7.66. The van der Waals surface area contributed by atoms with Crippen LogP contribution in [-0.4, -0.2) is 55.8 Å². The molecular weight excluding hydrogens is 390 g/mol. The first kappa shape index (κ1) is 23.0. The lowest BCUT2D eigenvalue weighted by molar-refractivity contribution is 0.143. The van der Waals surface area contributed by atoms with E-state index in [0.717, 1.165) is 24.6 Å². The van der Waals surface area contributed by atoms with Gasteiger partial charge in [0.1, 0.15) is 6.61 Å². The maximum Gasteiger partial charge on any atom is 0.218 e. The van der Waals surface area contributed by atoms with Crippen LogP contribution in [0.2, 0.25) is 0 Å². The van der Waals surface area contributed by atoms with Crippen molar-refractivity contribution in [2.24, 2.45) is 4.99 Å². The molecule has 0 spiro atoms. The molecule has 0 radical (unpaired) electrons. The first-order chi connectivity index (χ1) is 15.3. The minimum atomic E-state index is 0.475. The average Bonchev–Trinajstić information content (AvgIpc) is 3.31. The van der Waals surface area contributed by atoms with Gasteiger partial charge in [0.2, 0.25) is 5.88 Å². The number of methoxy groups -OCH3 is 1. The molecule has 0 saturated carbocycles. The first-order valence-electron chi connectivity index (χ1n) is 11.2. The van der Waals surface area contributed by atoms with E-state index < -0.39 is 0 Å². The molecule has 0 aliphatic carbocycles. The fourth-order valence-corrected chi connectivity index (χ4v) is 3.55. The molecule has 1 aromatic carbocycles. The Labute approximate surface area is 185 Å². The predicted octanol–water partition coefficient (Wildman–Crippen LogP) is 2.96. The van der Waals surface area contributed by atoms with Crippen molar-refractivity contribution >= 4 is 5.96 Å². The van der Waals surface area contributed by atoms with Gasteiger partial charge in [-0.05, 0) is 50.0 Å². The highest BCUT2D eigenvalue weighted by atomic mass is 16.5. The van der Waals surface area contributed by atoms with Crippen molar-refractivity contribution < 1.29 is 9.47 Å². The van der Waals surface area contributed by atoms with E-state index in [1.165, 1.54) is 37.1 Å². The summed E-state index contributed by atoms with van der Waals surface area (Å²) in [4.78, 5) is 11.6. The Morgan fingerprint density at radius 2 is 1.84 bits per heavy atom. The molecule has 0 unspecified atom stereocenters. The fourth-order valence-electron chi connectivity index (χ4n) is 3.55.